The molecule has 2 aliphatic heterocycles. The molecular formula is C17H24N2O2. The van der Waals surface area contributed by atoms with Gasteiger partial charge < -0.3 is 15.4 Å². The molecule has 1 amide bonds. The smallest absolute Gasteiger partial charge is 0.261 e. The van der Waals surface area contributed by atoms with E-state index in [1.165, 1.54) is 11.1 Å². The predicted molar refractivity (Wildman–Crippen MR) is 82.7 cm³/mol. The summed E-state index contributed by atoms with van der Waals surface area (Å²) in [6.45, 7) is 8.21. The van der Waals surface area contributed by atoms with Gasteiger partial charge in [0.25, 0.3) is 5.91 Å². The van der Waals surface area contributed by atoms with E-state index in [2.05, 4.69) is 37.5 Å². The van der Waals surface area contributed by atoms with Crippen molar-refractivity contribution in [3.05, 3.63) is 28.8 Å². The third-order valence-corrected chi connectivity index (χ3v) is 4.78. The zero-order chi connectivity index (χ0) is 15.0. The number of piperidine rings is 1. The number of nitrogens with one attached hydrogen (secondary N) is 2. The molecule has 3 rings (SSSR count). The Morgan fingerprint density at radius 3 is 2.67 bits per heavy atom. The molecule has 0 bridgehead atoms. The highest BCUT2D eigenvalue weighted by Gasteiger charge is 2.35. The fourth-order valence-electron chi connectivity index (χ4n) is 3.14. The van der Waals surface area contributed by atoms with Crippen molar-refractivity contribution in [1.82, 2.24) is 10.6 Å². The average Bonchev–Trinajstić information content (AvgIpc) is 2.82. The standard InChI is InChI=1S/C17H24N2O2/c1-11-8-13-10-15(21-14(13)9-12(11)2)16(20)19-17(3)4-6-18-7-5-17/h8-9,15,18H,4-7,10H2,1-3H3,(H,19,20). The number of hydrogen-bond donors (Lipinski definition) is 2. The molecule has 1 aromatic carbocycles. The summed E-state index contributed by atoms with van der Waals surface area (Å²) in [7, 11) is 0. The van der Waals surface area contributed by atoms with Crippen LogP contribution in [0.15, 0.2) is 12.1 Å². The van der Waals surface area contributed by atoms with Crippen molar-refractivity contribution in [2.75, 3.05) is 13.1 Å². The van der Waals surface area contributed by atoms with Crippen LogP contribution >= 0.6 is 0 Å². The minimum atomic E-state index is -0.382. The van der Waals surface area contributed by atoms with Gasteiger partial charge in [0, 0.05) is 12.0 Å². The third-order valence-electron chi connectivity index (χ3n) is 4.78. The average molecular weight is 288 g/mol. The highest BCUT2D eigenvalue weighted by atomic mass is 16.5. The molecule has 0 spiro atoms. The van der Waals surface area contributed by atoms with Gasteiger partial charge in [0.1, 0.15) is 5.75 Å². The third kappa shape index (κ3) is 2.91. The zero-order valence-corrected chi connectivity index (χ0v) is 13.1. The lowest BCUT2D eigenvalue weighted by Crippen LogP contribution is -2.55. The maximum Gasteiger partial charge on any atom is 0.261 e. The van der Waals surface area contributed by atoms with Gasteiger partial charge in [0.15, 0.2) is 6.10 Å². The Labute approximate surface area is 126 Å². The molecule has 1 atom stereocenters. The summed E-state index contributed by atoms with van der Waals surface area (Å²) in [5.41, 5.74) is 3.50. The molecule has 0 aliphatic carbocycles. The molecule has 1 unspecified atom stereocenters. The van der Waals surface area contributed by atoms with Crippen molar-refractivity contribution in [3.63, 3.8) is 0 Å². The first-order valence-corrected chi connectivity index (χ1v) is 7.76. The molecule has 0 saturated carbocycles. The fourth-order valence-corrected chi connectivity index (χ4v) is 3.14. The number of carbonyl (C=O) groups is 1. The van der Waals surface area contributed by atoms with E-state index in [0.29, 0.717) is 6.42 Å². The van der Waals surface area contributed by atoms with E-state index >= 15 is 0 Å². The molecule has 2 heterocycles. The van der Waals surface area contributed by atoms with Gasteiger partial charge in [0.05, 0.1) is 0 Å². The summed E-state index contributed by atoms with van der Waals surface area (Å²) in [4.78, 5) is 12.5. The molecule has 0 radical (unpaired) electrons. The van der Waals surface area contributed by atoms with Crippen LogP contribution in [0.3, 0.4) is 0 Å². The number of amides is 1. The quantitative estimate of drug-likeness (QED) is 0.873. The molecule has 2 N–H and O–H groups in total. The molecule has 21 heavy (non-hydrogen) atoms. The summed E-state index contributed by atoms with van der Waals surface area (Å²) in [5, 5.41) is 6.52. The van der Waals surface area contributed by atoms with Gasteiger partial charge in [-0.15, -0.1) is 0 Å². The monoisotopic (exact) mass is 288 g/mol. The fraction of sp³-hybridized carbons (Fsp3) is 0.588. The summed E-state index contributed by atoms with van der Waals surface area (Å²) < 4.78 is 5.86. The van der Waals surface area contributed by atoms with E-state index in [4.69, 9.17) is 4.74 Å². The van der Waals surface area contributed by atoms with Crippen molar-refractivity contribution < 1.29 is 9.53 Å². The highest BCUT2D eigenvalue weighted by Crippen LogP contribution is 2.32. The molecule has 1 aromatic rings. The summed E-state index contributed by atoms with van der Waals surface area (Å²) in [6.07, 6.45) is 2.23. The number of rotatable bonds is 2. The first kappa shape index (κ1) is 14.4. The van der Waals surface area contributed by atoms with Gasteiger partial charge >= 0.3 is 0 Å². The van der Waals surface area contributed by atoms with Gasteiger partial charge in [-0.05, 0) is 69.5 Å². The van der Waals surface area contributed by atoms with E-state index in [1.54, 1.807) is 0 Å². The summed E-state index contributed by atoms with van der Waals surface area (Å²) >= 11 is 0. The lowest BCUT2D eigenvalue weighted by atomic mass is 9.90. The van der Waals surface area contributed by atoms with Crippen LogP contribution in [0.25, 0.3) is 0 Å². The Balaban J connectivity index is 1.68. The number of aryl methyl sites for hydroxylation is 2. The van der Waals surface area contributed by atoms with Crippen molar-refractivity contribution in [2.45, 2.75) is 51.7 Å². The van der Waals surface area contributed by atoms with Crippen LogP contribution in [0.1, 0.15) is 36.5 Å². The van der Waals surface area contributed by atoms with E-state index in [0.717, 1.165) is 37.2 Å². The maximum absolute atomic E-state index is 12.5. The number of benzene rings is 1. The molecule has 4 heteroatoms. The number of fused-ring (bicyclic) bond motifs is 1. The lowest BCUT2D eigenvalue weighted by Gasteiger charge is -2.35. The van der Waals surface area contributed by atoms with Crippen LogP contribution in [-0.4, -0.2) is 30.6 Å². The Hall–Kier alpha value is -1.55. The Bertz CT molecular complexity index is 531. The zero-order valence-electron chi connectivity index (χ0n) is 13.1. The molecule has 4 nitrogen and oxygen atoms in total. The second-order valence-corrected chi connectivity index (χ2v) is 6.65. The van der Waals surface area contributed by atoms with Gasteiger partial charge in [0.2, 0.25) is 0 Å². The van der Waals surface area contributed by atoms with Crippen molar-refractivity contribution >= 4 is 5.91 Å². The molecule has 1 saturated heterocycles. The van der Waals surface area contributed by atoms with E-state index in [9.17, 15) is 4.79 Å². The largest absolute Gasteiger partial charge is 0.480 e. The van der Waals surface area contributed by atoms with Gasteiger partial charge in [-0.1, -0.05) is 6.07 Å². The Morgan fingerprint density at radius 2 is 1.95 bits per heavy atom. The normalized spacial score (nSPS) is 23.3. The first-order valence-electron chi connectivity index (χ1n) is 7.76. The number of hydrogen-bond acceptors (Lipinski definition) is 3. The summed E-state index contributed by atoms with van der Waals surface area (Å²) in [6, 6.07) is 4.19. The van der Waals surface area contributed by atoms with Gasteiger partial charge in [-0.3, -0.25) is 4.79 Å². The molecule has 0 aromatic heterocycles. The second kappa shape index (κ2) is 5.34. The maximum atomic E-state index is 12.5. The second-order valence-electron chi connectivity index (χ2n) is 6.65. The SMILES string of the molecule is Cc1cc2c(cc1C)OC(C(=O)NC1(C)CCNCC1)C2. The van der Waals surface area contributed by atoms with Gasteiger partial charge in [-0.2, -0.15) is 0 Å². The highest BCUT2D eigenvalue weighted by molar-refractivity contribution is 5.83. The van der Waals surface area contributed by atoms with E-state index in [1.807, 2.05) is 6.07 Å². The molecule has 1 fully saturated rings. The van der Waals surface area contributed by atoms with Crippen molar-refractivity contribution in [2.24, 2.45) is 0 Å². The van der Waals surface area contributed by atoms with Gasteiger partial charge in [-0.25, -0.2) is 0 Å². The van der Waals surface area contributed by atoms with E-state index in [-0.39, 0.29) is 17.6 Å². The van der Waals surface area contributed by atoms with Crippen LogP contribution in [-0.2, 0) is 11.2 Å². The van der Waals surface area contributed by atoms with Crippen LogP contribution in [0, 0.1) is 13.8 Å². The minimum Gasteiger partial charge on any atom is -0.480 e. The number of ether oxygens (including phenoxy) is 1. The minimum absolute atomic E-state index is 0.0194. The van der Waals surface area contributed by atoms with Crippen LogP contribution in [0.4, 0.5) is 0 Å². The van der Waals surface area contributed by atoms with Crippen LogP contribution in [0.2, 0.25) is 0 Å². The Morgan fingerprint density at radius 1 is 1.29 bits per heavy atom. The molecule has 114 valence electrons. The number of carbonyl (C=O) groups excluding carboxylic acids is 1. The van der Waals surface area contributed by atoms with Crippen LogP contribution in [0.5, 0.6) is 5.75 Å². The van der Waals surface area contributed by atoms with E-state index < -0.39 is 0 Å². The van der Waals surface area contributed by atoms with Crippen LogP contribution < -0.4 is 15.4 Å². The van der Waals surface area contributed by atoms with Crippen molar-refractivity contribution in [3.8, 4) is 5.75 Å². The molecule has 2 aliphatic rings. The topological polar surface area (TPSA) is 50.4 Å². The predicted octanol–water partition coefficient (Wildman–Crippen LogP) is 1.87. The first-order chi connectivity index (χ1) is 9.97. The summed E-state index contributed by atoms with van der Waals surface area (Å²) in [5.74, 6) is 0.889. The lowest BCUT2D eigenvalue weighted by molar-refractivity contribution is -0.129. The van der Waals surface area contributed by atoms with Crippen molar-refractivity contribution in [1.29, 1.82) is 0 Å². The molecular weight excluding hydrogens is 264 g/mol. The Kier molecular flexibility index (Phi) is 3.66.